The molecule has 0 aliphatic carbocycles. The van der Waals surface area contributed by atoms with E-state index < -0.39 is 5.97 Å². The predicted octanol–water partition coefficient (Wildman–Crippen LogP) is 1.06. The molecule has 0 atom stereocenters. The van der Waals surface area contributed by atoms with Crippen molar-refractivity contribution in [3.05, 3.63) is 0 Å². The highest BCUT2D eigenvalue weighted by molar-refractivity contribution is 5.82. The van der Waals surface area contributed by atoms with Crippen molar-refractivity contribution in [1.29, 1.82) is 0 Å². The van der Waals surface area contributed by atoms with Crippen LogP contribution in [0.25, 0.3) is 0 Å². The summed E-state index contributed by atoms with van der Waals surface area (Å²) in [5, 5.41) is 8.39. The Hall–Kier alpha value is -1.06. The summed E-state index contributed by atoms with van der Waals surface area (Å²) in [6, 6.07) is 0. The van der Waals surface area contributed by atoms with Crippen LogP contribution < -0.4 is 0 Å². The van der Waals surface area contributed by atoms with Gasteiger partial charge in [-0.15, -0.1) is 0 Å². The second-order valence-electron chi connectivity index (χ2n) is 3.50. The van der Waals surface area contributed by atoms with Gasteiger partial charge in [-0.3, -0.25) is 4.79 Å². The Morgan fingerprint density at radius 1 is 1.75 bits per heavy atom. The van der Waals surface area contributed by atoms with Gasteiger partial charge < -0.3 is 9.84 Å². The van der Waals surface area contributed by atoms with Gasteiger partial charge >= 0.3 is 5.97 Å². The van der Waals surface area contributed by atoms with Crippen molar-refractivity contribution in [2.45, 2.75) is 32.2 Å². The molecule has 12 heavy (non-hydrogen) atoms. The standard InChI is InChI=1S/C8H13NO3/c1-8(2)5-12-6(9-8)3-4-7(10)11/h3-5H2,1-2H3,(H,10,11). The van der Waals surface area contributed by atoms with Crippen LogP contribution in [-0.2, 0) is 9.53 Å². The van der Waals surface area contributed by atoms with Crippen molar-refractivity contribution >= 4 is 11.9 Å². The first-order valence-electron chi connectivity index (χ1n) is 3.93. The monoisotopic (exact) mass is 171 g/mol. The Balaban J connectivity index is 2.40. The first kappa shape index (κ1) is 9.03. The molecule has 0 spiro atoms. The maximum Gasteiger partial charge on any atom is 0.303 e. The molecule has 0 saturated heterocycles. The number of hydrogen-bond donors (Lipinski definition) is 1. The fourth-order valence-corrected chi connectivity index (χ4v) is 1.00. The SMILES string of the molecule is CC1(C)COC(CCC(=O)O)=N1. The van der Waals surface area contributed by atoms with E-state index in [0.717, 1.165) is 0 Å². The molecular formula is C8H13NO3. The maximum absolute atomic E-state index is 10.2. The summed E-state index contributed by atoms with van der Waals surface area (Å²) in [5.74, 6) is -0.242. The molecule has 0 saturated carbocycles. The predicted molar refractivity (Wildman–Crippen MR) is 44.3 cm³/mol. The normalized spacial score (nSPS) is 20.0. The minimum atomic E-state index is -0.814. The molecule has 1 heterocycles. The summed E-state index contributed by atoms with van der Waals surface area (Å²) in [6.07, 6.45) is 0.494. The van der Waals surface area contributed by atoms with Gasteiger partial charge in [0.1, 0.15) is 6.61 Å². The number of nitrogens with zero attached hydrogens (tertiary/aromatic N) is 1. The van der Waals surface area contributed by atoms with Gasteiger partial charge in [0.2, 0.25) is 0 Å². The highest BCUT2D eigenvalue weighted by Crippen LogP contribution is 2.18. The number of ether oxygens (including phenoxy) is 1. The largest absolute Gasteiger partial charge is 0.481 e. The third-order valence-corrected chi connectivity index (χ3v) is 1.57. The lowest BCUT2D eigenvalue weighted by molar-refractivity contribution is -0.136. The fourth-order valence-electron chi connectivity index (χ4n) is 1.00. The van der Waals surface area contributed by atoms with E-state index in [2.05, 4.69) is 4.99 Å². The van der Waals surface area contributed by atoms with Gasteiger partial charge in [-0.05, 0) is 13.8 Å². The highest BCUT2D eigenvalue weighted by atomic mass is 16.5. The Morgan fingerprint density at radius 2 is 2.42 bits per heavy atom. The van der Waals surface area contributed by atoms with Crippen LogP contribution in [0.4, 0.5) is 0 Å². The van der Waals surface area contributed by atoms with Crippen LogP contribution in [0.3, 0.4) is 0 Å². The molecule has 1 aliphatic rings. The average molecular weight is 171 g/mol. The fraction of sp³-hybridized carbons (Fsp3) is 0.750. The van der Waals surface area contributed by atoms with E-state index in [9.17, 15) is 4.79 Å². The molecule has 68 valence electrons. The van der Waals surface area contributed by atoms with Gasteiger partial charge in [0.15, 0.2) is 5.90 Å². The molecule has 0 fully saturated rings. The van der Waals surface area contributed by atoms with Crippen LogP contribution >= 0.6 is 0 Å². The number of carbonyl (C=O) groups is 1. The zero-order valence-corrected chi connectivity index (χ0v) is 7.33. The van der Waals surface area contributed by atoms with Gasteiger partial charge in [0.25, 0.3) is 0 Å². The molecule has 0 amide bonds. The minimum absolute atomic E-state index is 0.0922. The third-order valence-electron chi connectivity index (χ3n) is 1.57. The van der Waals surface area contributed by atoms with Crippen molar-refractivity contribution in [1.82, 2.24) is 0 Å². The van der Waals surface area contributed by atoms with Crippen LogP contribution in [0.15, 0.2) is 4.99 Å². The van der Waals surface area contributed by atoms with Crippen LogP contribution in [0.2, 0.25) is 0 Å². The van der Waals surface area contributed by atoms with Crippen molar-refractivity contribution in [2.24, 2.45) is 4.99 Å². The maximum atomic E-state index is 10.2. The Labute approximate surface area is 71.3 Å². The Bertz CT molecular complexity index is 220. The second-order valence-corrected chi connectivity index (χ2v) is 3.50. The van der Waals surface area contributed by atoms with Gasteiger partial charge in [0, 0.05) is 6.42 Å². The topological polar surface area (TPSA) is 58.9 Å². The van der Waals surface area contributed by atoms with E-state index in [1.807, 2.05) is 13.8 Å². The first-order valence-corrected chi connectivity index (χ1v) is 3.93. The van der Waals surface area contributed by atoms with Crippen molar-refractivity contribution < 1.29 is 14.6 Å². The van der Waals surface area contributed by atoms with Gasteiger partial charge in [0.05, 0.1) is 12.0 Å². The molecule has 0 aromatic heterocycles. The van der Waals surface area contributed by atoms with Crippen LogP contribution in [0.1, 0.15) is 26.7 Å². The van der Waals surface area contributed by atoms with Crippen molar-refractivity contribution in [3.63, 3.8) is 0 Å². The van der Waals surface area contributed by atoms with Crippen molar-refractivity contribution in [2.75, 3.05) is 6.61 Å². The summed E-state index contributed by atoms with van der Waals surface area (Å²) in [6.45, 7) is 4.48. The smallest absolute Gasteiger partial charge is 0.303 e. The molecule has 4 nitrogen and oxygen atoms in total. The van der Waals surface area contributed by atoms with E-state index in [1.54, 1.807) is 0 Å². The number of aliphatic carboxylic acids is 1. The van der Waals surface area contributed by atoms with Crippen LogP contribution in [0, 0.1) is 0 Å². The zero-order chi connectivity index (χ0) is 9.19. The lowest BCUT2D eigenvalue weighted by Crippen LogP contribution is -2.17. The molecule has 0 unspecified atom stereocenters. The summed E-state index contributed by atoms with van der Waals surface area (Å²) in [5.41, 5.74) is -0.173. The zero-order valence-electron chi connectivity index (χ0n) is 7.33. The summed E-state index contributed by atoms with van der Waals surface area (Å²) < 4.78 is 5.21. The molecule has 1 N–H and O–H groups in total. The lowest BCUT2D eigenvalue weighted by atomic mass is 10.1. The lowest BCUT2D eigenvalue weighted by Gasteiger charge is -2.07. The molecule has 4 heteroatoms. The molecule has 0 aromatic carbocycles. The number of hydrogen-bond acceptors (Lipinski definition) is 3. The number of carboxylic acids is 1. The van der Waals surface area contributed by atoms with E-state index in [-0.39, 0.29) is 12.0 Å². The summed E-state index contributed by atoms with van der Waals surface area (Å²) >= 11 is 0. The van der Waals surface area contributed by atoms with E-state index in [0.29, 0.717) is 18.9 Å². The van der Waals surface area contributed by atoms with Gasteiger partial charge in [-0.1, -0.05) is 0 Å². The third kappa shape index (κ3) is 2.53. The van der Waals surface area contributed by atoms with Crippen LogP contribution in [0.5, 0.6) is 0 Å². The van der Waals surface area contributed by atoms with Crippen molar-refractivity contribution in [3.8, 4) is 0 Å². The quantitative estimate of drug-likeness (QED) is 0.690. The van der Waals surface area contributed by atoms with Gasteiger partial charge in [-0.25, -0.2) is 4.99 Å². The molecular weight excluding hydrogens is 158 g/mol. The number of rotatable bonds is 3. The first-order chi connectivity index (χ1) is 5.49. The molecule has 1 aliphatic heterocycles. The Morgan fingerprint density at radius 3 is 2.83 bits per heavy atom. The summed E-state index contributed by atoms with van der Waals surface area (Å²) in [4.78, 5) is 14.4. The highest BCUT2D eigenvalue weighted by Gasteiger charge is 2.25. The molecule has 0 aromatic rings. The van der Waals surface area contributed by atoms with Gasteiger partial charge in [-0.2, -0.15) is 0 Å². The molecule has 0 radical (unpaired) electrons. The Kier molecular flexibility index (Phi) is 2.35. The second kappa shape index (κ2) is 3.13. The number of carboxylic acid groups (broad SMARTS) is 1. The van der Waals surface area contributed by atoms with E-state index >= 15 is 0 Å². The van der Waals surface area contributed by atoms with E-state index in [1.165, 1.54) is 0 Å². The minimum Gasteiger partial charge on any atom is -0.481 e. The molecule has 0 bridgehead atoms. The van der Waals surface area contributed by atoms with Crippen LogP contribution in [-0.4, -0.2) is 29.1 Å². The average Bonchev–Trinajstić information content (AvgIpc) is 2.26. The molecule has 1 rings (SSSR count). The van der Waals surface area contributed by atoms with E-state index in [4.69, 9.17) is 9.84 Å². The summed E-state index contributed by atoms with van der Waals surface area (Å²) in [7, 11) is 0. The number of aliphatic imine (C=N–C) groups is 1.